The van der Waals surface area contributed by atoms with Crippen LogP contribution in [-0.2, 0) is 13.8 Å². The molecular formula is C12H16ClNO4S. The predicted molar refractivity (Wildman–Crippen MR) is 73.1 cm³/mol. The Morgan fingerprint density at radius 1 is 1.32 bits per heavy atom. The van der Waals surface area contributed by atoms with Crippen LogP contribution in [-0.4, -0.2) is 27.5 Å². The van der Waals surface area contributed by atoms with Crippen LogP contribution < -0.4 is 10.1 Å². The smallest absolute Gasteiger partial charge is 0.261 e. The molecule has 0 saturated carbocycles. The summed E-state index contributed by atoms with van der Waals surface area (Å²) in [7, 11) is 1.57. The molecule has 19 heavy (non-hydrogen) atoms. The maximum absolute atomic E-state index is 11.4. The molecule has 1 aromatic carbocycles. The number of nitrogens with one attached hydrogen (secondary N) is 1. The van der Waals surface area contributed by atoms with Crippen molar-refractivity contribution in [1.82, 2.24) is 5.32 Å². The van der Waals surface area contributed by atoms with Gasteiger partial charge in [-0.05, 0) is 44.0 Å². The molecule has 1 amide bonds. The molecule has 1 N–H and O–H groups in total. The lowest BCUT2D eigenvalue weighted by atomic mass is 10.1. The molecule has 0 aliphatic heterocycles. The molecule has 0 heterocycles. The molecule has 7 heteroatoms. The summed E-state index contributed by atoms with van der Waals surface area (Å²) < 4.78 is 28.1. The van der Waals surface area contributed by atoms with E-state index < -0.39 is 9.05 Å². The number of hydrogen-bond acceptors (Lipinski definition) is 4. The highest BCUT2D eigenvalue weighted by Gasteiger charge is 2.18. The van der Waals surface area contributed by atoms with Crippen molar-refractivity contribution < 1.29 is 17.9 Å². The van der Waals surface area contributed by atoms with Crippen molar-refractivity contribution >= 4 is 25.6 Å². The topological polar surface area (TPSA) is 72.5 Å². The molecule has 1 rings (SSSR count). The average Bonchev–Trinajstić information content (AvgIpc) is 2.23. The van der Waals surface area contributed by atoms with Gasteiger partial charge in [0.15, 0.2) is 6.61 Å². The molecule has 1 aromatic rings. The molecule has 0 atom stereocenters. The standard InChI is InChI=1S/C12H16ClNO4S/c1-4-14-11(15)7-18-10-5-8(2)12(9(3)6-10)19(13,16)17/h5-6H,4,7H2,1-3H3,(H,14,15). The number of aryl methyl sites for hydroxylation is 2. The van der Waals surface area contributed by atoms with Crippen molar-refractivity contribution in [3.63, 3.8) is 0 Å². The Bertz CT molecular complexity index is 560. The van der Waals surface area contributed by atoms with Crippen molar-refractivity contribution in [2.45, 2.75) is 25.7 Å². The Balaban J connectivity index is 2.93. The SMILES string of the molecule is CCNC(=O)COc1cc(C)c(S(=O)(=O)Cl)c(C)c1. The third-order valence-electron chi connectivity index (χ3n) is 2.42. The Morgan fingerprint density at radius 3 is 2.26 bits per heavy atom. The summed E-state index contributed by atoms with van der Waals surface area (Å²) in [6, 6.07) is 3.09. The van der Waals surface area contributed by atoms with E-state index in [9.17, 15) is 13.2 Å². The quantitative estimate of drug-likeness (QED) is 0.841. The zero-order chi connectivity index (χ0) is 14.6. The fourth-order valence-corrected chi connectivity index (χ4v) is 3.39. The number of benzene rings is 1. The number of ether oxygens (including phenoxy) is 1. The minimum absolute atomic E-state index is 0.0829. The van der Waals surface area contributed by atoms with E-state index in [1.165, 1.54) is 0 Å². The second-order valence-corrected chi connectivity index (χ2v) is 6.57. The van der Waals surface area contributed by atoms with Gasteiger partial charge in [0.1, 0.15) is 5.75 Å². The number of hydrogen-bond donors (Lipinski definition) is 1. The average molecular weight is 306 g/mol. The Morgan fingerprint density at radius 2 is 1.84 bits per heavy atom. The van der Waals surface area contributed by atoms with E-state index in [0.717, 1.165) is 0 Å². The third-order valence-corrected chi connectivity index (χ3v) is 4.02. The molecule has 0 fully saturated rings. The van der Waals surface area contributed by atoms with Crippen molar-refractivity contribution in [3.05, 3.63) is 23.3 Å². The fourth-order valence-electron chi connectivity index (χ4n) is 1.78. The molecular weight excluding hydrogens is 290 g/mol. The van der Waals surface area contributed by atoms with E-state index >= 15 is 0 Å². The lowest BCUT2D eigenvalue weighted by molar-refractivity contribution is -0.122. The zero-order valence-electron chi connectivity index (χ0n) is 11.0. The molecule has 106 valence electrons. The van der Waals surface area contributed by atoms with Gasteiger partial charge in [-0.1, -0.05) is 0 Å². The molecule has 0 aromatic heterocycles. The van der Waals surface area contributed by atoms with Gasteiger partial charge in [0.25, 0.3) is 15.0 Å². The molecule has 0 spiro atoms. The first-order chi connectivity index (χ1) is 8.75. The van der Waals surface area contributed by atoms with Gasteiger partial charge in [-0.2, -0.15) is 0 Å². The Kier molecular flexibility index (Phi) is 5.20. The Hall–Kier alpha value is -1.27. The molecule has 0 unspecified atom stereocenters. The van der Waals surface area contributed by atoms with Crippen LogP contribution in [0.1, 0.15) is 18.1 Å². The van der Waals surface area contributed by atoms with Crippen LogP contribution in [0.4, 0.5) is 0 Å². The van der Waals surface area contributed by atoms with Crippen LogP contribution in [0.5, 0.6) is 5.75 Å². The number of carbonyl (C=O) groups excluding carboxylic acids is 1. The summed E-state index contributed by atoms with van der Waals surface area (Å²) in [5, 5.41) is 2.60. The number of amides is 1. The highest BCUT2D eigenvalue weighted by Crippen LogP contribution is 2.28. The number of rotatable bonds is 5. The van der Waals surface area contributed by atoms with Gasteiger partial charge in [-0.3, -0.25) is 4.79 Å². The Labute approximate surface area is 117 Å². The first-order valence-corrected chi connectivity index (χ1v) is 8.02. The van der Waals surface area contributed by atoms with E-state index in [4.69, 9.17) is 15.4 Å². The predicted octanol–water partition coefficient (Wildman–Crippen LogP) is 1.75. The maximum Gasteiger partial charge on any atom is 0.261 e. The fraction of sp³-hybridized carbons (Fsp3) is 0.417. The van der Waals surface area contributed by atoms with Crippen LogP contribution in [0.25, 0.3) is 0 Å². The number of carbonyl (C=O) groups is 1. The summed E-state index contributed by atoms with van der Waals surface area (Å²) in [5.41, 5.74) is 0.974. The van der Waals surface area contributed by atoms with Gasteiger partial charge in [0, 0.05) is 17.2 Å². The lowest BCUT2D eigenvalue weighted by Gasteiger charge is -2.11. The summed E-state index contributed by atoms with van der Waals surface area (Å²) >= 11 is 0. The van der Waals surface area contributed by atoms with E-state index in [-0.39, 0.29) is 17.4 Å². The van der Waals surface area contributed by atoms with Crippen LogP contribution in [0.15, 0.2) is 17.0 Å². The van der Waals surface area contributed by atoms with Gasteiger partial charge in [-0.25, -0.2) is 8.42 Å². The molecule has 5 nitrogen and oxygen atoms in total. The van der Waals surface area contributed by atoms with Gasteiger partial charge in [0.2, 0.25) is 0 Å². The van der Waals surface area contributed by atoms with Crippen LogP contribution in [0.2, 0.25) is 0 Å². The molecule has 0 aliphatic rings. The van der Waals surface area contributed by atoms with Crippen LogP contribution in [0, 0.1) is 13.8 Å². The van der Waals surface area contributed by atoms with Gasteiger partial charge < -0.3 is 10.1 Å². The van der Waals surface area contributed by atoms with Crippen LogP contribution in [0.3, 0.4) is 0 Å². The molecule has 0 saturated heterocycles. The molecule has 0 bridgehead atoms. The van der Waals surface area contributed by atoms with E-state index in [2.05, 4.69) is 5.32 Å². The minimum atomic E-state index is -3.78. The molecule has 0 aliphatic carbocycles. The minimum Gasteiger partial charge on any atom is -0.484 e. The van der Waals surface area contributed by atoms with Gasteiger partial charge in [-0.15, -0.1) is 0 Å². The molecule has 0 radical (unpaired) electrons. The second kappa shape index (κ2) is 6.25. The third kappa shape index (κ3) is 4.40. The van der Waals surface area contributed by atoms with E-state index in [1.54, 1.807) is 26.0 Å². The zero-order valence-corrected chi connectivity index (χ0v) is 12.6. The van der Waals surface area contributed by atoms with Crippen molar-refractivity contribution in [2.24, 2.45) is 0 Å². The number of likely N-dealkylation sites (N-methyl/N-ethyl adjacent to an activating group) is 1. The van der Waals surface area contributed by atoms with E-state index in [0.29, 0.717) is 23.4 Å². The van der Waals surface area contributed by atoms with Crippen molar-refractivity contribution in [3.8, 4) is 5.75 Å². The van der Waals surface area contributed by atoms with Crippen molar-refractivity contribution in [2.75, 3.05) is 13.2 Å². The second-order valence-electron chi connectivity index (χ2n) is 4.07. The van der Waals surface area contributed by atoms with Gasteiger partial charge in [0.05, 0.1) is 4.90 Å². The van der Waals surface area contributed by atoms with Crippen molar-refractivity contribution in [1.29, 1.82) is 0 Å². The maximum atomic E-state index is 11.4. The summed E-state index contributed by atoms with van der Waals surface area (Å²) in [6.45, 7) is 5.48. The highest BCUT2D eigenvalue weighted by atomic mass is 35.7. The van der Waals surface area contributed by atoms with Gasteiger partial charge >= 0.3 is 0 Å². The monoisotopic (exact) mass is 305 g/mol. The first-order valence-electron chi connectivity index (χ1n) is 5.71. The first kappa shape index (κ1) is 15.8. The lowest BCUT2D eigenvalue weighted by Crippen LogP contribution is -2.28. The van der Waals surface area contributed by atoms with E-state index in [1.807, 2.05) is 6.92 Å². The summed E-state index contributed by atoms with van der Waals surface area (Å²) in [6.07, 6.45) is 0. The summed E-state index contributed by atoms with van der Waals surface area (Å²) in [5.74, 6) is 0.206. The normalized spacial score (nSPS) is 11.2. The summed E-state index contributed by atoms with van der Waals surface area (Å²) in [4.78, 5) is 11.3. The highest BCUT2D eigenvalue weighted by molar-refractivity contribution is 8.13. The van der Waals surface area contributed by atoms with Crippen LogP contribution >= 0.6 is 10.7 Å². The largest absolute Gasteiger partial charge is 0.484 e. The number of halogens is 1.